The first kappa shape index (κ1) is 15.3. The Kier molecular flexibility index (Phi) is 4.98. The van der Waals surface area contributed by atoms with Gasteiger partial charge >= 0.3 is 0 Å². The van der Waals surface area contributed by atoms with E-state index < -0.39 is 0 Å². The maximum Gasteiger partial charge on any atom is 0.225 e. The molecule has 0 atom stereocenters. The third kappa shape index (κ3) is 3.43. The number of anilines is 1. The molecule has 0 saturated carbocycles. The molecule has 2 heterocycles. The van der Waals surface area contributed by atoms with Crippen LogP contribution in [0.2, 0.25) is 0 Å². The number of carbonyl (C=O) groups excluding carboxylic acids is 1. The number of amides is 1. The van der Waals surface area contributed by atoms with Gasteiger partial charge in [-0.25, -0.2) is 0 Å². The molecule has 0 bridgehead atoms. The topological polar surface area (TPSA) is 26.8 Å². The average molecular weight is 301 g/mol. The predicted molar refractivity (Wildman–Crippen MR) is 90.1 cm³/mol. The van der Waals surface area contributed by atoms with E-state index in [1.807, 2.05) is 0 Å². The van der Waals surface area contributed by atoms with E-state index in [4.69, 9.17) is 0 Å². The first-order chi connectivity index (χ1) is 10.8. The summed E-state index contributed by atoms with van der Waals surface area (Å²) >= 11 is 0. The van der Waals surface area contributed by atoms with E-state index in [9.17, 15) is 4.79 Å². The van der Waals surface area contributed by atoms with Crippen molar-refractivity contribution < 1.29 is 4.79 Å². The number of piperidine rings is 1. The van der Waals surface area contributed by atoms with Gasteiger partial charge in [-0.3, -0.25) is 4.79 Å². The molecule has 3 rings (SSSR count). The maximum atomic E-state index is 12.7. The molecule has 0 unspecified atom stereocenters. The number of hydrogen-bond acceptors (Lipinski definition) is 3. The second kappa shape index (κ2) is 7.14. The van der Waals surface area contributed by atoms with Crippen molar-refractivity contribution in [3.05, 3.63) is 30.3 Å². The minimum Gasteiger partial charge on any atom is -0.371 e. The highest BCUT2D eigenvalue weighted by Crippen LogP contribution is 2.24. The highest BCUT2D eigenvalue weighted by atomic mass is 16.2. The fourth-order valence-corrected chi connectivity index (χ4v) is 3.57. The van der Waals surface area contributed by atoms with Crippen molar-refractivity contribution in [1.29, 1.82) is 0 Å². The Hall–Kier alpha value is -1.55. The van der Waals surface area contributed by atoms with Crippen LogP contribution in [0.15, 0.2) is 30.3 Å². The highest BCUT2D eigenvalue weighted by Gasteiger charge is 2.30. The summed E-state index contributed by atoms with van der Waals surface area (Å²) in [6, 6.07) is 10.5. The summed E-state index contributed by atoms with van der Waals surface area (Å²) in [6.07, 6.45) is 1.98. The van der Waals surface area contributed by atoms with Crippen LogP contribution in [-0.2, 0) is 4.79 Å². The lowest BCUT2D eigenvalue weighted by Gasteiger charge is -2.38. The number of nitrogens with zero attached hydrogens (tertiary/aromatic N) is 3. The van der Waals surface area contributed by atoms with E-state index in [1.54, 1.807) is 0 Å². The molecule has 0 aromatic heterocycles. The zero-order valence-corrected chi connectivity index (χ0v) is 13.6. The van der Waals surface area contributed by atoms with E-state index in [2.05, 4.69) is 52.0 Å². The van der Waals surface area contributed by atoms with Gasteiger partial charge in [0, 0.05) is 50.9 Å². The number of hydrogen-bond donors (Lipinski definition) is 0. The summed E-state index contributed by atoms with van der Waals surface area (Å²) in [5, 5.41) is 0. The van der Waals surface area contributed by atoms with Gasteiger partial charge in [0.15, 0.2) is 0 Å². The second-order valence-electron chi connectivity index (χ2n) is 6.36. The Bertz CT molecular complexity index is 474. The summed E-state index contributed by atoms with van der Waals surface area (Å²) in [5.41, 5.74) is 1.28. The van der Waals surface area contributed by atoms with Crippen molar-refractivity contribution in [3.8, 4) is 0 Å². The fourth-order valence-electron chi connectivity index (χ4n) is 3.57. The lowest BCUT2D eigenvalue weighted by atomic mass is 9.94. The molecule has 4 nitrogen and oxygen atoms in total. The quantitative estimate of drug-likeness (QED) is 0.855. The number of benzene rings is 1. The smallest absolute Gasteiger partial charge is 0.225 e. The van der Waals surface area contributed by atoms with Gasteiger partial charge in [-0.1, -0.05) is 25.1 Å². The van der Waals surface area contributed by atoms with Crippen LogP contribution in [0.1, 0.15) is 19.8 Å². The Balaban J connectivity index is 1.50. The van der Waals surface area contributed by atoms with E-state index in [0.717, 1.165) is 58.7 Å². The molecule has 22 heavy (non-hydrogen) atoms. The first-order valence-electron chi connectivity index (χ1n) is 8.59. The van der Waals surface area contributed by atoms with Crippen molar-refractivity contribution in [2.45, 2.75) is 19.8 Å². The third-order valence-corrected chi connectivity index (χ3v) is 5.10. The van der Waals surface area contributed by atoms with Gasteiger partial charge < -0.3 is 14.7 Å². The van der Waals surface area contributed by atoms with Crippen LogP contribution >= 0.6 is 0 Å². The molecule has 1 amide bonds. The van der Waals surface area contributed by atoms with Crippen LogP contribution < -0.4 is 4.90 Å². The molecule has 4 heteroatoms. The van der Waals surface area contributed by atoms with Crippen molar-refractivity contribution in [3.63, 3.8) is 0 Å². The molecule has 0 radical (unpaired) electrons. The van der Waals surface area contributed by atoms with Gasteiger partial charge in [-0.05, 0) is 31.5 Å². The van der Waals surface area contributed by atoms with Gasteiger partial charge in [0.1, 0.15) is 0 Å². The number of para-hydroxylation sites is 1. The molecule has 120 valence electrons. The highest BCUT2D eigenvalue weighted by molar-refractivity contribution is 5.79. The zero-order chi connectivity index (χ0) is 15.4. The maximum absolute atomic E-state index is 12.7. The molecule has 0 spiro atoms. The molecular formula is C18H27N3O. The Labute approximate surface area is 133 Å². The SMILES string of the molecule is CCN1CCN(C(=O)C2CCN(c3ccccc3)CC2)CC1. The second-order valence-corrected chi connectivity index (χ2v) is 6.36. The van der Waals surface area contributed by atoms with Gasteiger partial charge in [-0.15, -0.1) is 0 Å². The van der Waals surface area contributed by atoms with Crippen LogP contribution in [0.4, 0.5) is 5.69 Å². The van der Waals surface area contributed by atoms with Crippen LogP contribution in [0.25, 0.3) is 0 Å². The van der Waals surface area contributed by atoms with Gasteiger partial charge in [-0.2, -0.15) is 0 Å². The molecule has 2 saturated heterocycles. The summed E-state index contributed by atoms with van der Waals surface area (Å²) in [5.74, 6) is 0.622. The Morgan fingerprint density at radius 3 is 2.23 bits per heavy atom. The Morgan fingerprint density at radius 1 is 1.00 bits per heavy atom. The number of piperazine rings is 1. The molecule has 2 fully saturated rings. The molecule has 0 aliphatic carbocycles. The summed E-state index contributed by atoms with van der Waals surface area (Å²) < 4.78 is 0. The van der Waals surface area contributed by atoms with E-state index in [0.29, 0.717) is 5.91 Å². The summed E-state index contributed by atoms with van der Waals surface area (Å²) in [4.78, 5) is 19.6. The number of rotatable bonds is 3. The molecule has 1 aromatic rings. The van der Waals surface area contributed by atoms with Crippen LogP contribution in [-0.4, -0.2) is 61.5 Å². The summed E-state index contributed by atoms with van der Waals surface area (Å²) in [7, 11) is 0. The van der Waals surface area contributed by atoms with Crippen LogP contribution in [0.5, 0.6) is 0 Å². The van der Waals surface area contributed by atoms with E-state index in [-0.39, 0.29) is 5.92 Å². The third-order valence-electron chi connectivity index (χ3n) is 5.10. The summed E-state index contributed by atoms with van der Waals surface area (Å²) in [6.45, 7) is 9.16. The van der Waals surface area contributed by atoms with Gasteiger partial charge in [0.05, 0.1) is 0 Å². The fraction of sp³-hybridized carbons (Fsp3) is 0.611. The van der Waals surface area contributed by atoms with Crippen LogP contribution in [0.3, 0.4) is 0 Å². The Morgan fingerprint density at radius 2 is 1.64 bits per heavy atom. The van der Waals surface area contributed by atoms with E-state index in [1.165, 1.54) is 5.69 Å². The lowest BCUT2D eigenvalue weighted by Crippen LogP contribution is -2.51. The van der Waals surface area contributed by atoms with Crippen molar-refractivity contribution in [2.75, 3.05) is 50.7 Å². The van der Waals surface area contributed by atoms with E-state index >= 15 is 0 Å². The lowest BCUT2D eigenvalue weighted by molar-refractivity contribution is -0.137. The average Bonchev–Trinajstić information content (AvgIpc) is 2.62. The van der Waals surface area contributed by atoms with Crippen molar-refractivity contribution in [2.24, 2.45) is 5.92 Å². The van der Waals surface area contributed by atoms with Crippen LogP contribution in [0, 0.1) is 5.92 Å². The predicted octanol–water partition coefficient (Wildman–Crippen LogP) is 2.07. The number of carbonyl (C=O) groups is 1. The monoisotopic (exact) mass is 301 g/mol. The van der Waals surface area contributed by atoms with Gasteiger partial charge in [0.25, 0.3) is 0 Å². The largest absolute Gasteiger partial charge is 0.371 e. The minimum atomic E-state index is 0.230. The molecule has 0 N–H and O–H groups in total. The molecule has 2 aliphatic rings. The molecule has 1 aromatic carbocycles. The minimum absolute atomic E-state index is 0.230. The molecular weight excluding hydrogens is 274 g/mol. The number of likely N-dealkylation sites (N-methyl/N-ethyl adjacent to an activating group) is 1. The normalized spacial score (nSPS) is 21.1. The van der Waals surface area contributed by atoms with Crippen molar-refractivity contribution in [1.82, 2.24) is 9.80 Å². The molecule has 2 aliphatic heterocycles. The first-order valence-corrected chi connectivity index (χ1v) is 8.59. The van der Waals surface area contributed by atoms with Gasteiger partial charge in [0.2, 0.25) is 5.91 Å². The van der Waals surface area contributed by atoms with Crippen molar-refractivity contribution >= 4 is 11.6 Å². The zero-order valence-electron chi connectivity index (χ0n) is 13.6. The standard InChI is InChI=1S/C18H27N3O/c1-2-19-12-14-21(15-13-19)18(22)16-8-10-20(11-9-16)17-6-4-3-5-7-17/h3-7,16H,2,8-15H2,1H3.